The third-order valence-corrected chi connectivity index (χ3v) is 4.97. The summed E-state index contributed by atoms with van der Waals surface area (Å²) in [5.41, 5.74) is 2.34. The van der Waals surface area contributed by atoms with Crippen LogP contribution in [0, 0.1) is 11.6 Å². The van der Waals surface area contributed by atoms with E-state index >= 15 is 0 Å². The molecule has 0 radical (unpaired) electrons. The van der Waals surface area contributed by atoms with Crippen LogP contribution in [0.1, 0.15) is 39.2 Å². The smallest absolute Gasteiger partial charge is 0.426 e. The molecule has 2 aliphatic rings. The summed E-state index contributed by atoms with van der Waals surface area (Å²) in [6.45, 7) is 8.69. The van der Waals surface area contributed by atoms with E-state index in [1.807, 2.05) is 0 Å². The van der Waals surface area contributed by atoms with Crippen molar-refractivity contribution in [3.05, 3.63) is 48.1 Å². The fourth-order valence-corrected chi connectivity index (χ4v) is 3.36. The number of nitrogens with zero attached hydrogens (tertiary/aromatic N) is 1. The van der Waals surface area contributed by atoms with Crippen molar-refractivity contribution in [2.24, 2.45) is 5.16 Å². The molecule has 184 valence electrons. The van der Waals surface area contributed by atoms with E-state index in [9.17, 15) is 23.2 Å². The fraction of sp³-hybridized carbons (Fsp3) is 0.455. The largest absolute Gasteiger partial charge is 0.443 e. The summed E-state index contributed by atoms with van der Waals surface area (Å²) in [4.78, 5) is 42.1. The molecule has 1 saturated heterocycles. The molecule has 3 N–H and O–H groups in total. The average Bonchev–Trinajstić information content (AvgIpc) is 3.38. The third kappa shape index (κ3) is 6.07. The minimum atomic E-state index is -1.59. The highest BCUT2D eigenvalue weighted by Crippen LogP contribution is 2.29. The van der Waals surface area contributed by atoms with Gasteiger partial charge >= 0.3 is 6.09 Å². The van der Waals surface area contributed by atoms with Gasteiger partial charge in [0.1, 0.15) is 23.3 Å². The van der Waals surface area contributed by atoms with Gasteiger partial charge in [-0.3, -0.25) is 15.0 Å². The molecule has 3 rings (SSSR count). The lowest BCUT2D eigenvalue weighted by Crippen LogP contribution is -2.50. The Morgan fingerprint density at radius 3 is 2.50 bits per heavy atom. The normalized spacial score (nSPS) is 24.0. The second kappa shape index (κ2) is 9.75. The lowest BCUT2D eigenvalue weighted by Gasteiger charge is -2.23. The van der Waals surface area contributed by atoms with E-state index in [4.69, 9.17) is 14.3 Å². The Kier molecular flexibility index (Phi) is 7.20. The van der Waals surface area contributed by atoms with E-state index in [1.165, 1.54) is 6.08 Å². The van der Waals surface area contributed by atoms with Crippen LogP contribution in [0.3, 0.4) is 0 Å². The second-order valence-electron chi connectivity index (χ2n) is 8.90. The molecule has 0 aromatic heterocycles. The molecule has 1 aromatic rings. The Balaban J connectivity index is 1.53. The molecule has 0 spiro atoms. The maximum absolute atomic E-state index is 13.5. The molecule has 1 aromatic carbocycles. The number of oxime groups is 1. The fourth-order valence-electron chi connectivity index (χ4n) is 3.36. The number of benzene rings is 1. The van der Waals surface area contributed by atoms with Crippen molar-refractivity contribution in [3.8, 4) is 0 Å². The van der Waals surface area contributed by atoms with Crippen LogP contribution < -0.4 is 16.2 Å². The first-order valence-corrected chi connectivity index (χ1v) is 10.5. The van der Waals surface area contributed by atoms with Gasteiger partial charge in [0.05, 0.1) is 18.4 Å². The van der Waals surface area contributed by atoms with Gasteiger partial charge in [-0.05, 0) is 39.0 Å². The number of carbonyl (C=O) groups is 3. The molecule has 0 aliphatic carbocycles. The molecular formula is C22H26F2N4O6. The minimum absolute atomic E-state index is 0.0340. The van der Waals surface area contributed by atoms with Crippen molar-refractivity contribution < 1.29 is 37.5 Å². The number of ether oxygens (including phenoxy) is 2. The van der Waals surface area contributed by atoms with E-state index in [-0.39, 0.29) is 30.7 Å². The summed E-state index contributed by atoms with van der Waals surface area (Å²) in [5, 5.41) is 6.54. The molecule has 2 aliphatic heterocycles. The first kappa shape index (κ1) is 25.1. The molecule has 0 unspecified atom stereocenters. The van der Waals surface area contributed by atoms with Gasteiger partial charge in [-0.2, -0.15) is 0 Å². The third-order valence-electron chi connectivity index (χ3n) is 4.97. The van der Waals surface area contributed by atoms with Gasteiger partial charge in [0, 0.05) is 24.5 Å². The van der Waals surface area contributed by atoms with Crippen molar-refractivity contribution in [3.63, 3.8) is 0 Å². The molecular weight excluding hydrogens is 454 g/mol. The van der Waals surface area contributed by atoms with Crippen molar-refractivity contribution in [1.29, 1.82) is 0 Å². The molecule has 0 bridgehead atoms. The van der Waals surface area contributed by atoms with Crippen LogP contribution in [0.15, 0.2) is 36.0 Å². The van der Waals surface area contributed by atoms with E-state index < -0.39 is 52.9 Å². The number of amides is 3. The quantitative estimate of drug-likeness (QED) is 0.436. The van der Waals surface area contributed by atoms with Crippen LogP contribution in [0.2, 0.25) is 0 Å². The molecule has 3 atom stereocenters. The molecule has 0 saturated carbocycles. The van der Waals surface area contributed by atoms with Crippen LogP contribution in [0.4, 0.5) is 13.6 Å². The maximum Gasteiger partial charge on any atom is 0.426 e. The highest BCUT2D eigenvalue weighted by atomic mass is 19.1. The summed E-state index contributed by atoms with van der Waals surface area (Å²) < 4.78 is 37.5. The van der Waals surface area contributed by atoms with Crippen molar-refractivity contribution in [2.75, 3.05) is 6.61 Å². The summed E-state index contributed by atoms with van der Waals surface area (Å²) >= 11 is 0. The second-order valence-corrected chi connectivity index (χ2v) is 8.90. The van der Waals surface area contributed by atoms with Crippen molar-refractivity contribution >= 4 is 23.6 Å². The number of rotatable bonds is 5. The van der Waals surface area contributed by atoms with Gasteiger partial charge in [0.15, 0.2) is 0 Å². The lowest BCUT2D eigenvalue weighted by molar-refractivity contribution is -0.139. The number of halogens is 2. The molecule has 2 heterocycles. The van der Waals surface area contributed by atoms with E-state index in [1.54, 1.807) is 20.8 Å². The average molecular weight is 480 g/mol. The minimum Gasteiger partial charge on any atom is -0.443 e. The van der Waals surface area contributed by atoms with Gasteiger partial charge in [-0.15, -0.1) is 0 Å². The zero-order valence-electron chi connectivity index (χ0n) is 18.9. The van der Waals surface area contributed by atoms with E-state index in [2.05, 4.69) is 27.9 Å². The Bertz CT molecular complexity index is 1000. The molecule has 3 amide bonds. The standard InChI is InChI=1S/C22H26F2N4O6/c1-5-22(10-16(28-34-22)12-6-13(23)8-14(24)7-12)19(30)25-15-9-17(32-11-15)18(29)26-27-20(31)33-21(2,3)4/h5-8,15,17H,1,9-11H2,2-4H3,(H,25,30)(H,26,29)(H,27,31)/t15-,17-,22-/m1/s1. The Morgan fingerprint density at radius 1 is 1.21 bits per heavy atom. The Labute approximate surface area is 194 Å². The van der Waals surface area contributed by atoms with Crippen LogP contribution in [-0.4, -0.2) is 53.6 Å². The monoisotopic (exact) mass is 480 g/mol. The Morgan fingerprint density at radius 2 is 1.88 bits per heavy atom. The topological polar surface area (TPSA) is 127 Å². The van der Waals surface area contributed by atoms with E-state index in [0.29, 0.717) is 0 Å². The van der Waals surface area contributed by atoms with Crippen molar-refractivity contribution in [1.82, 2.24) is 16.2 Å². The predicted molar refractivity (Wildman–Crippen MR) is 115 cm³/mol. The van der Waals surface area contributed by atoms with Crippen LogP contribution in [0.25, 0.3) is 0 Å². The molecule has 10 nitrogen and oxygen atoms in total. The highest BCUT2D eigenvalue weighted by molar-refractivity contribution is 6.06. The van der Waals surface area contributed by atoms with E-state index in [0.717, 1.165) is 18.2 Å². The maximum atomic E-state index is 13.5. The predicted octanol–water partition coefficient (Wildman–Crippen LogP) is 1.84. The number of hydrogen-bond acceptors (Lipinski definition) is 7. The zero-order chi connectivity index (χ0) is 25.1. The first-order valence-electron chi connectivity index (χ1n) is 10.5. The number of carbonyl (C=O) groups excluding carboxylic acids is 3. The summed E-state index contributed by atoms with van der Waals surface area (Å²) in [7, 11) is 0. The lowest BCUT2D eigenvalue weighted by atomic mass is 9.92. The SMILES string of the molecule is C=C[C@]1(C(=O)N[C@H]2CO[C@@H](C(=O)NNC(=O)OC(C)(C)C)C2)CC(c2cc(F)cc(F)c2)=NO1. The zero-order valence-corrected chi connectivity index (χ0v) is 18.9. The number of hydrogen-bond donors (Lipinski definition) is 3. The number of hydrazine groups is 1. The van der Waals surface area contributed by atoms with Crippen LogP contribution in [0.5, 0.6) is 0 Å². The van der Waals surface area contributed by atoms with Gasteiger partial charge in [-0.25, -0.2) is 19.0 Å². The highest BCUT2D eigenvalue weighted by Gasteiger charge is 2.46. The van der Waals surface area contributed by atoms with Crippen molar-refractivity contribution in [2.45, 2.75) is 57.0 Å². The van der Waals surface area contributed by atoms with Crippen LogP contribution >= 0.6 is 0 Å². The van der Waals surface area contributed by atoms with Gasteiger partial charge in [-0.1, -0.05) is 11.7 Å². The summed E-state index contributed by atoms with van der Waals surface area (Å²) in [5.74, 6) is -2.78. The summed E-state index contributed by atoms with van der Waals surface area (Å²) in [6.07, 6.45) is -0.471. The number of nitrogens with one attached hydrogen (secondary N) is 3. The molecule has 12 heteroatoms. The molecule has 34 heavy (non-hydrogen) atoms. The molecule has 1 fully saturated rings. The van der Waals surface area contributed by atoms with Gasteiger partial charge in [0.2, 0.25) is 5.60 Å². The van der Waals surface area contributed by atoms with Gasteiger partial charge in [0.25, 0.3) is 11.8 Å². The van der Waals surface area contributed by atoms with Gasteiger partial charge < -0.3 is 19.6 Å². The van der Waals surface area contributed by atoms with Crippen LogP contribution in [-0.2, 0) is 23.9 Å². The Hall–Kier alpha value is -3.54. The summed E-state index contributed by atoms with van der Waals surface area (Å²) in [6, 6.07) is 2.35. The first-order chi connectivity index (χ1) is 15.9.